The molecular formula is C14H24N2O4S. The molecule has 120 valence electrons. The molecule has 1 aliphatic rings. The van der Waals surface area contributed by atoms with Crippen LogP contribution in [0, 0.1) is 0 Å². The molecular weight excluding hydrogens is 292 g/mol. The van der Waals surface area contributed by atoms with Crippen molar-refractivity contribution in [3.05, 3.63) is 0 Å². The van der Waals surface area contributed by atoms with Gasteiger partial charge in [-0.15, -0.1) is 11.8 Å². The highest BCUT2D eigenvalue weighted by molar-refractivity contribution is 8.00. The summed E-state index contributed by atoms with van der Waals surface area (Å²) >= 11 is 1.24. The van der Waals surface area contributed by atoms with Crippen LogP contribution in [0.15, 0.2) is 0 Å². The number of carboxylic acids is 1. The first-order valence-electron chi connectivity index (χ1n) is 7.32. The number of carboxylic acid groups (broad SMARTS) is 1. The minimum atomic E-state index is -1.09. The Hall–Kier alpha value is -1.24. The molecule has 0 aromatic carbocycles. The van der Waals surface area contributed by atoms with E-state index in [0.717, 1.165) is 25.7 Å². The largest absolute Gasteiger partial charge is 0.480 e. The van der Waals surface area contributed by atoms with Crippen molar-refractivity contribution in [2.75, 3.05) is 5.75 Å². The van der Waals surface area contributed by atoms with Crippen molar-refractivity contribution in [3.63, 3.8) is 0 Å². The molecule has 0 bridgehead atoms. The number of rotatable bonds is 7. The second kappa shape index (κ2) is 8.92. The summed E-state index contributed by atoms with van der Waals surface area (Å²) in [6.45, 7) is 3.04. The first kappa shape index (κ1) is 17.8. The van der Waals surface area contributed by atoms with E-state index in [2.05, 4.69) is 10.6 Å². The molecule has 1 aliphatic carbocycles. The van der Waals surface area contributed by atoms with Crippen LogP contribution in [-0.2, 0) is 14.4 Å². The molecule has 21 heavy (non-hydrogen) atoms. The average molecular weight is 316 g/mol. The van der Waals surface area contributed by atoms with Gasteiger partial charge in [-0.2, -0.15) is 0 Å². The van der Waals surface area contributed by atoms with Gasteiger partial charge in [0.2, 0.25) is 11.8 Å². The van der Waals surface area contributed by atoms with Gasteiger partial charge in [-0.3, -0.25) is 9.59 Å². The van der Waals surface area contributed by atoms with Gasteiger partial charge in [-0.25, -0.2) is 4.79 Å². The predicted molar refractivity (Wildman–Crippen MR) is 82.2 cm³/mol. The molecule has 7 heteroatoms. The lowest BCUT2D eigenvalue weighted by molar-refractivity contribution is -0.140. The number of nitrogens with one attached hydrogen (secondary N) is 2. The molecule has 0 saturated heterocycles. The van der Waals surface area contributed by atoms with Crippen LogP contribution in [-0.4, -0.2) is 46.0 Å². The summed E-state index contributed by atoms with van der Waals surface area (Å²) in [5, 5.41) is 14.1. The molecule has 1 fully saturated rings. The van der Waals surface area contributed by atoms with Crippen LogP contribution in [0.2, 0.25) is 0 Å². The lowest BCUT2D eigenvalue weighted by Crippen LogP contribution is -2.43. The quantitative estimate of drug-likeness (QED) is 0.655. The normalized spacial score (nSPS) is 18.6. The van der Waals surface area contributed by atoms with Crippen molar-refractivity contribution < 1.29 is 19.5 Å². The zero-order valence-electron chi connectivity index (χ0n) is 12.6. The third-order valence-electron chi connectivity index (χ3n) is 3.51. The highest BCUT2D eigenvalue weighted by atomic mass is 32.2. The van der Waals surface area contributed by atoms with Crippen molar-refractivity contribution >= 4 is 29.5 Å². The van der Waals surface area contributed by atoms with Gasteiger partial charge in [0.05, 0.1) is 5.25 Å². The Morgan fingerprint density at radius 2 is 1.86 bits per heavy atom. The molecule has 1 saturated carbocycles. The maximum atomic E-state index is 12.0. The van der Waals surface area contributed by atoms with Crippen molar-refractivity contribution in [1.29, 1.82) is 0 Å². The molecule has 1 unspecified atom stereocenters. The summed E-state index contributed by atoms with van der Waals surface area (Å²) in [6.07, 6.45) is 5.57. The second-order valence-electron chi connectivity index (χ2n) is 5.41. The molecule has 3 N–H and O–H groups in total. The Balaban J connectivity index is 2.36. The van der Waals surface area contributed by atoms with E-state index in [9.17, 15) is 14.4 Å². The average Bonchev–Trinajstić information content (AvgIpc) is 2.43. The number of carbonyl (C=O) groups excluding carboxylic acids is 2. The van der Waals surface area contributed by atoms with Gasteiger partial charge in [0.15, 0.2) is 0 Å². The molecule has 0 aliphatic heterocycles. The van der Waals surface area contributed by atoms with Gasteiger partial charge in [-0.1, -0.05) is 19.3 Å². The number of hydrogen-bond donors (Lipinski definition) is 3. The summed E-state index contributed by atoms with van der Waals surface area (Å²) in [5.41, 5.74) is 0. The lowest BCUT2D eigenvalue weighted by Gasteiger charge is -2.24. The van der Waals surface area contributed by atoms with Gasteiger partial charge >= 0.3 is 5.97 Å². The smallest absolute Gasteiger partial charge is 0.327 e. The number of carbonyl (C=O) groups is 3. The van der Waals surface area contributed by atoms with E-state index in [1.807, 2.05) is 0 Å². The first-order valence-corrected chi connectivity index (χ1v) is 8.37. The lowest BCUT2D eigenvalue weighted by atomic mass is 9.95. The molecule has 1 rings (SSSR count). The molecule has 2 amide bonds. The topological polar surface area (TPSA) is 95.5 Å². The van der Waals surface area contributed by atoms with E-state index >= 15 is 0 Å². The summed E-state index contributed by atoms with van der Waals surface area (Å²) in [6, 6.07) is -0.711. The standard InChI is InChI=1S/C14H24N2O4S/c1-9(13(18)16-11-6-4-3-5-7-11)21-8-12(14(19)20)15-10(2)17/h9,11-12H,3-8H2,1-2H3,(H,15,17)(H,16,18)(H,19,20)/t9?,12-/m0/s1. The van der Waals surface area contributed by atoms with Gasteiger partial charge < -0.3 is 15.7 Å². The SMILES string of the molecule is CC(=O)N[C@@H](CSC(C)C(=O)NC1CCCCC1)C(=O)O. The summed E-state index contributed by atoms with van der Waals surface area (Å²) < 4.78 is 0. The Morgan fingerprint density at radius 3 is 2.38 bits per heavy atom. The highest BCUT2D eigenvalue weighted by Crippen LogP contribution is 2.19. The summed E-state index contributed by atoms with van der Waals surface area (Å²) in [5.74, 6) is -1.35. The number of thioether (sulfide) groups is 1. The fourth-order valence-corrected chi connectivity index (χ4v) is 3.23. The molecule has 6 nitrogen and oxygen atoms in total. The van der Waals surface area contributed by atoms with E-state index in [1.165, 1.54) is 25.1 Å². The molecule has 0 aromatic rings. The van der Waals surface area contributed by atoms with E-state index in [4.69, 9.17) is 5.11 Å². The van der Waals surface area contributed by atoms with Crippen LogP contribution >= 0.6 is 11.8 Å². The van der Waals surface area contributed by atoms with E-state index in [1.54, 1.807) is 6.92 Å². The monoisotopic (exact) mass is 316 g/mol. The summed E-state index contributed by atoms with van der Waals surface area (Å²) in [7, 11) is 0. The van der Waals surface area contributed by atoms with Crippen LogP contribution in [0.5, 0.6) is 0 Å². The maximum absolute atomic E-state index is 12.0. The Bertz CT molecular complexity index is 383. The fraction of sp³-hybridized carbons (Fsp3) is 0.786. The van der Waals surface area contributed by atoms with Crippen LogP contribution in [0.1, 0.15) is 46.0 Å². The molecule has 2 atom stereocenters. The maximum Gasteiger partial charge on any atom is 0.327 e. The van der Waals surface area contributed by atoms with Crippen molar-refractivity contribution in [1.82, 2.24) is 10.6 Å². The number of aliphatic carboxylic acids is 1. The third-order valence-corrected chi connectivity index (χ3v) is 4.75. The predicted octanol–water partition coefficient (Wildman–Crippen LogP) is 1.15. The number of hydrogen-bond acceptors (Lipinski definition) is 4. The Morgan fingerprint density at radius 1 is 1.24 bits per heavy atom. The zero-order chi connectivity index (χ0) is 15.8. The molecule has 0 spiro atoms. The van der Waals surface area contributed by atoms with Crippen molar-refractivity contribution in [2.24, 2.45) is 0 Å². The summed E-state index contributed by atoms with van der Waals surface area (Å²) in [4.78, 5) is 34.0. The third kappa shape index (κ3) is 6.84. The molecule has 0 radical (unpaired) electrons. The highest BCUT2D eigenvalue weighted by Gasteiger charge is 2.23. The Labute approximate surface area is 129 Å². The molecule has 0 heterocycles. The van der Waals surface area contributed by atoms with E-state index < -0.39 is 12.0 Å². The van der Waals surface area contributed by atoms with Gasteiger partial charge in [0.25, 0.3) is 0 Å². The minimum Gasteiger partial charge on any atom is -0.480 e. The van der Waals surface area contributed by atoms with Crippen LogP contribution in [0.4, 0.5) is 0 Å². The van der Waals surface area contributed by atoms with E-state index in [-0.39, 0.29) is 28.9 Å². The van der Waals surface area contributed by atoms with Crippen LogP contribution in [0.3, 0.4) is 0 Å². The second-order valence-corrected chi connectivity index (χ2v) is 6.78. The van der Waals surface area contributed by atoms with Crippen LogP contribution < -0.4 is 10.6 Å². The van der Waals surface area contributed by atoms with Crippen molar-refractivity contribution in [3.8, 4) is 0 Å². The molecule has 0 aromatic heterocycles. The minimum absolute atomic E-state index is 0.0566. The van der Waals surface area contributed by atoms with Gasteiger partial charge in [0, 0.05) is 18.7 Å². The van der Waals surface area contributed by atoms with Crippen LogP contribution in [0.25, 0.3) is 0 Å². The first-order chi connectivity index (χ1) is 9.90. The van der Waals surface area contributed by atoms with Gasteiger partial charge in [-0.05, 0) is 19.8 Å². The van der Waals surface area contributed by atoms with Gasteiger partial charge in [0.1, 0.15) is 6.04 Å². The van der Waals surface area contributed by atoms with Crippen molar-refractivity contribution in [2.45, 2.75) is 63.3 Å². The zero-order valence-corrected chi connectivity index (χ0v) is 13.4. The fourth-order valence-electron chi connectivity index (χ4n) is 2.30. The Kier molecular flexibility index (Phi) is 7.56. The van der Waals surface area contributed by atoms with E-state index in [0.29, 0.717) is 0 Å². The number of amides is 2.